The molecule has 0 heterocycles. The molecular weight excluding hydrogens is 382 g/mol. The molecule has 2 rings (SSSR count). The van der Waals surface area contributed by atoms with E-state index in [1.807, 2.05) is 48.5 Å². The summed E-state index contributed by atoms with van der Waals surface area (Å²) in [5, 5.41) is 9.31. The van der Waals surface area contributed by atoms with E-state index in [9.17, 15) is 5.26 Å². The number of ether oxygens (including phenoxy) is 1. The molecule has 0 aliphatic heterocycles. The standard InChI is InChI=1S/C16H11Br2NO/c1-20-16-7-2-11(9-15(16)18)8-13(10-19)12-3-5-14(17)6-4-12/h2-9H,1H3/b13-8-. The van der Waals surface area contributed by atoms with Crippen molar-refractivity contribution in [1.82, 2.24) is 0 Å². The molecule has 0 unspecified atom stereocenters. The number of rotatable bonds is 3. The molecule has 20 heavy (non-hydrogen) atoms. The number of methoxy groups -OCH3 is 1. The number of hydrogen-bond donors (Lipinski definition) is 0. The van der Waals surface area contributed by atoms with Crippen molar-refractivity contribution >= 4 is 43.5 Å². The molecule has 0 spiro atoms. The Morgan fingerprint density at radius 3 is 2.40 bits per heavy atom. The van der Waals surface area contributed by atoms with Crippen molar-refractivity contribution in [3.8, 4) is 11.8 Å². The molecule has 4 heteroatoms. The minimum Gasteiger partial charge on any atom is -0.496 e. The molecular formula is C16H11Br2NO. The monoisotopic (exact) mass is 391 g/mol. The van der Waals surface area contributed by atoms with E-state index in [4.69, 9.17) is 4.74 Å². The zero-order chi connectivity index (χ0) is 14.5. The first-order valence-electron chi connectivity index (χ1n) is 5.85. The number of nitrogens with zero attached hydrogens (tertiary/aromatic N) is 1. The van der Waals surface area contributed by atoms with E-state index in [1.54, 1.807) is 7.11 Å². The lowest BCUT2D eigenvalue weighted by Gasteiger charge is -2.04. The summed E-state index contributed by atoms with van der Waals surface area (Å²) >= 11 is 6.83. The smallest absolute Gasteiger partial charge is 0.133 e. The maximum Gasteiger partial charge on any atom is 0.133 e. The molecule has 0 aromatic heterocycles. The average molecular weight is 393 g/mol. The topological polar surface area (TPSA) is 33.0 Å². The average Bonchev–Trinajstić information content (AvgIpc) is 2.46. The molecule has 0 aliphatic carbocycles. The van der Waals surface area contributed by atoms with Crippen molar-refractivity contribution < 1.29 is 4.74 Å². The molecule has 2 nitrogen and oxygen atoms in total. The largest absolute Gasteiger partial charge is 0.496 e. The van der Waals surface area contributed by atoms with Gasteiger partial charge in [-0.3, -0.25) is 0 Å². The summed E-state index contributed by atoms with van der Waals surface area (Å²) in [4.78, 5) is 0. The summed E-state index contributed by atoms with van der Waals surface area (Å²) in [5.74, 6) is 0.768. The van der Waals surface area contributed by atoms with Crippen LogP contribution in [0.15, 0.2) is 51.4 Å². The maximum absolute atomic E-state index is 9.31. The van der Waals surface area contributed by atoms with Gasteiger partial charge in [-0.15, -0.1) is 0 Å². The van der Waals surface area contributed by atoms with Crippen LogP contribution in [0.4, 0.5) is 0 Å². The van der Waals surface area contributed by atoms with Gasteiger partial charge in [0.1, 0.15) is 5.75 Å². The second-order valence-corrected chi connectivity index (χ2v) is 5.84. The molecule has 0 bridgehead atoms. The normalized spacial score (nSPS) is 11.0. The van der Waals surface area contributed by atoms with Crippen LogP contribution < -0.4 is 4.74 Å². The van der Waals surface area contributed by atoms with E-state index in [0.29, 0.717) is 5.57 Å². The van der Waals surface area contributed by atoms with E-state index in [1.165, 1.54) is 0 Å². The molecule has 2 aromatic rings. The van der Waals surface area contributed by atoms with Crippen molar-refractivity contribution in [2.75, 3.05) is 7.11 Å². The van der Waals surface area contributed by atoms with Crippen LogP contribution in [0.2, 0.25) is 0 Å². The van der Waals surface area contributed by atoms with E-state index in [2.05, 4.69) is 37.9 Å². The third kappa shape index (κ3) is 3.50. The van der Waals surface area contributed by atoms with Crippen LogP contribution in [0.5, 0.6) is 5.75 Å². The lowest BCUT2D eigenvalue weighted by molar-refractivity contribution is 0.412. The molecule has 0 amide bonds. The Hall–Kier alpha value is -1.57. The highest BCUT2D eigenvalue weighted by molar-refractivity contribution is 9.10. The molecule has 2 aromatic carbocycles. The zero-order valence-corrected chi connectivity index (χ0v) is 13.9. The van der Waals surface area contributed by atoms with Gasteiger partial charge < -0.3 is 4.74 Å². The van der Waals surface area contributed by atoms with Gasteiger partial charge in [-0.1, -0.05) is 34.1 Å². The van der Waals surface area contributed by atoms with Crippen molar-refractivity contribution in [3.63, 3.8) is 0 Å². The van der Waals surface area contributed by atoms with Crippen LogP contribution in [0.25, 0.3) is 11.6 Å². The van der Waals surface area contributed by atoms with Gasteiger partial charge in [-0.05, 0) is 57.4 Å². The first-order valence-corrected chi connectivity index (χ1v) is 7.44. The van der Waals surface area contributed by atoms with Gasteiger partial charge in [0, 0.05) is 4.47 Å². The molecule has 0 saturated carbocycles. The SMILES string of the molecule is COc1ccc(/C=C(/C#N)c2ccc(Br)cc2)cc1Br. The number of hydrogen-bond acceptors (Lipinski definition) is 2. The quantitative estimate of drug-likeness (QED) is 0.525. The van der Waals surface area contributed by atoms with Gasteiger partial charge in [-0.25, -0.2) is 0 Å². The highest BCUT2D eigenvalue weighted by Crippen LogP contribution is 2.27. The lowest BCUT2D eigenvalue weighted by atomic mass is 10.0. The predicted molar refractivity (Wildman–Crippen MR) is 88.3 cm³/mol. The number of nitriles is 1. The van der Waals surface area contributed by atoms with E-state index in [0.717, 1.165) is 25.8 Å². The second kappa shape index (κ2) is 6.74. The molecule has 0 fully saturated rings. The third-order valence-electron chi connectivity index (χ3n) is 2.76. The van der Waals surface area contributed by atoms with E-state index in [-0.39, 0.29) is 0 Å². The second-order valence-electron chi connectivity index (χ2n) is 4.07. The fourth-order valence-corrected chi connectivity index (χ4v) is 2.57. The predicted octanol–water partition coefficient (Wildman–Crippen LogP) is 5.28. The fourth-order valence-electron chi connectivity index (χ4n) is 1.75. The van der Waals surface area contributed by atoms with Gasteiger partial charge >= 0.3 is 0 Å². The molecule has 0 saturated heterocycles. The highest BCUT2D eigenvalue weighted by atomic mass is 79.9. The zero-order valence-electron chi connectivity index (χ0n) is 10.7. The first kappa shape index (κ1) is 14.8. The minimum atomic E-state index is 0.620. The van der Waals surface area contributed by atoms with Gasteiger partial charge in [0.2, 0.25) is 0 Å². The van der Waals surface area contributed by atoms with E-state index < -0.39 is 0 Å². The van der Waals surface area contributed by atoms with Crippen LogP contribution >= 0.6 is 31.9 Å². The summed E-state index contributed by atoms with van der Waals surface area (Å²) in [6.07, 6.45) is 1.85. The number of benzene rings is 2. The number of allylic oxidation sites excluding steroid dienone is 1. The molecule has 0 radical (unpaired) electrons. The Morgan fingerprint density at radius 2 is 1.85 bits per heavy atom. The van der Waals surface area contributed by atoms with Crippen LogP contribution in [0, 0.1) is 11.3 Å². The van der Waals surface area contributed by atoms with Gasteiger partial charge in [-0.2, -0.15) is 5.26 Å². The summed E-state index contributed by atoms with van der Waals surface area (Å²) in [5.41, 5.74) is 2.45. The Labute approximate surface area is 134 Å². The van der Waals surface area contributed by atoms with Crippen LogP contribution in [0.1, 0.15) is 11.1 Å². The Morgan fingerprint density at radius 1 is 1.15 bits per heavy atom. The van der Waals surface area contributed by atoms with Gasteiger partial charge in [0.15, 0.2) is 0 Å². The molecule has 0 aliphatic rings. The van der Waals surface area contributed by atoms with Crippen LogP contribution in [-0.4, -0.2) is 7.11 Å². The summed E-state index contributed by atoms with van der Waals surface area (Å²) in [6.45, 7) is 0. The van der Waals surface area contributed by atoms with Crippen molar-refractivity contribution in [1.29, 1.82) is 5.26 Å². The molecule has 0 N–H and O–H groups in total. The maximum atomic E-state index is 9.31. The van der Waals surface area contributed by atoms with Gasteiger partial charge in [0.05, 0.1) is 23.2 Å². The molecule has 100 valence electrons. The first-order chi connectivity index (χ1) is 9.63. The van der Waals surface area contributed by atoms with E-state index >= 15 is 0 Å². The number of halogens is 2. The summed E-state index contributed by atoms with van der Waals surface area (Å²) < 4.78 is 7.05. The Bertz CT molecular complexity index is 685. The third-order valence-corrected chi connectivity index (χ3v) is 3.91. The lowest BCUT2D eigenvalue weighted by Crippen LogP contribution is -1.86. The van der Waals surface area contributed by atoms with Crippen molar-refractivity contribution in [3.05, 3.63) is 62.5 Å². The van der Waals surface area contributed by atoms with Crippen molar-refractivity contribution in [2.24, 2.45) is 0 Å². The minimum absolute atomic E-state index is 0.620. The Kier molecular flexibility index (Phi) is 4.99. The van der Waals surface area contributed by atoms with Gasteiger partial charge in [0.25, 0.3) is 0 Å². The highest BCUT2D eigenvalue weighted by Gasteiger charge is 2.03. The van der Waals surface area contributed by atoms with Crippen molar-refractivity contribution in [2.45, 2.75) is 0 Å². The summed E-state index contributed by atoms with van der Waals surface area (Å²) in [6, 6.07) is 15.6. The van der Waals surface area contributed by atoms with Crippen LogP contribution in [0.3, 0.4) is 0 Å². The van der Waals surface area contributed by atoms with Crippen LogP contribution in [-0.2, 0) is 0 Å². The molecule has 0 atom stereocenters. The summed E-state index contributed by atoms with van der Waals surface area (Å²) in [7, 11) is 1.62. The Balaban J connectivity index is 2.39. The fraction of sp³-hybridized carbons (Fsp3) is 0.0625.